The van der Waals surface area contributed by atoms with E-state index in [1.54, 1.807) is 38.5 Å². The van der Waals surface area contributed by atoms with Gasteiger partial charge in [0.1, 0.15) is 35.2 Å². The van der Waals surface area contributed by atoms with Gasteiger partial charge in [-0.25, -0.2) is 9.97 Å². The van der Waals surface area contributed by atoms with Crippen LogP contribution in [0.15, 0.2) is 67.0 Å². The molecule has 1 fully saturated rings. The first-order valence-corrected chi connectivity index (χ1v) is 11.6. The summed E-state index contributed by atoms with van der Waals surface area (Å²) in [6, 6.07) is 19.2. The van der Waals surface area contributed by atoms with Crippen molar-refractivity contribution in [2.75, 3.05) is 55.5 Å². The number of rotatable bonds is 7. The lowest BCUT2D eigenvalue weighted by molar-refractivity contribution is 0.102. The van der Waals surface area contributed by atoms with Crippen molar-refractivity contribution in [3.8, 4) is 22.8 Å². The van der Waals surface area contributed by atoms with E-state index in [1.165, 1.54) is 12.0 Å². The fourth-order valence-corrected chi connectivity index (χ4v) is 4.19. The third-order valence-electron chi connectivity index (χ3n) is 6.12. The molecule has 2 aromatic carbocycles. The Morgan fingerprint density at radius 3 is 2.44 bits per heavy atom. The number of H-pyrrole nitrogens is 1. The van der Waals surface area contributed by atoms with Crippen molar-refractivity contribution in [1.29, 1.82) is 0 Å². The minimum atomic E-state index is -0.353. The van der Waals surface area contributed by atoms with Crippen molar-refractivity contribution < 1.29 is 14.3 Å². The molecule has 1 aliphatic rings. The molecule has 184 valence electrons. The van der Waals surface area contributed by atoms with E-state index in [4.69, 9.17) is 9.47 Å². The van der Waals surface area contributed by atoms with Gasteiger partial charge in [-0.1, -0.05) is 18.2 Å². The molecule has 2 N–H and O–H groups in total. The summed E-state index contributed by atoms with van der Waals surface area (Å²) in [6.45, 7) is 3.43. The van der Waals surface area contributed by atoms with E-state index < -0.39 is 0 Å². The number of piperazine rings is 1. The third kappa shape index (κ3) is 4.92. The predicted molar refractivity (Wildman–Crippen MR) is 138 cm³/mol. The van der Waals surface area contributed by atoms with E-state index in [-0.39, 0.29) is 5.91 Å². The molecule has 1 aliphatic heterocycles. The van der Waals surface area contributed by atoms with E-state index in [1.807, 2.05) is 12.1 Å². The number of amides is 1. The molecule has 0 atom stereocenters. The van der Waals surface area contributed by atoms with Crippen molar-refractivity contribution in [3.05, 3.63) is 72.7 Å². The molecular formula is C26H27N7O3. The lowest BCUT2D eigenvalue weighted by atomic mass is 10.1. The SMILES string of the molecule is COc1ccc(OC)c(-c2cc(C(=O)Nc3cc(N4CCN(c5ccccc5)CC4)ncn3)[nH]n2)c1. The average Bonchev–Trinajstić information content (AvgIpc) is 3.44. The summed E-state index contributed by atoms with van der Waals surface area (Å²) in [5.41, 5.74) is 2.80. The van der Waals surface area contributed by atoms with Crippen LogP contribution in [0.25, 0.3) is 11.3 Å². The number of nitrogens with one attached hydrogen (secondary N) is 2. The molecule has 0 saturated carbocycles. The molecule has 0 unspecified atom stereocenters. The highest BCUT2D eigenvalue weighted by Crippen LogP contribution is 2.32. The molecule has 1 saturated heterocycles. The number of benzene rings is 2. The summed E-state index contributed by atoms with van der Waals surface area (Å²) in [4.78, 5) is 26.1. The van der Waals surface area contributed by atoms with Crippen LogP contribution in [0.4, 0.5) is 17.3 Å². The van der Waals surface area contributed by atoms with Gasteiger partial charge in [0, 0.05) is 43.5 Å². The summed E-state index contributed by atoms with van der Waals surface area (Å²) < 4.78 is 10.7. The molecule has 3 heterocycles. The van der Waals surface area contributed by atoms with Gasteiger partial charge in [0.05, 0.1) is 19.9 Å². The first-order valence-electron chi connectivity index (χ1n) is 11.6. The van der Waals surface area contributed by atoms with Crippen molar-refractivity contribution in [2.45, 2.75) is 0 Å². The van der Waals surface area contributed by atoms with Gasteiger partial charge in [-0.2, -0.15) is 5.10 Å². The van der Waals surface area contributed by atoms with E-state index >= 15 is 0 Å². The van der Waals surface area contributed by atoms with Crippen molar-refractivity contribution in [1.82, 2.24) is 20.2 Å². The van der Waals surface area contributed by atoms with Gasteiger partial charge >= 0.3 is 0 Å². The van der Waals surface area contributed by atoms with E-state index in [0.717, 1.165) is 32.0 Å². The number of para-hydroxylation sites is 1. The fourth-order valence-electron chi connectivity index (χ4n) is 4.19. The summed E-state index contributed by atoms with van der Waals surface area (Å²) in [6.07, 6.45) is 1.47. The highest BCUT2D eigenvalue weighted by Gasteiger charge is 2.20. The molecule has 0 bridgehead atoms. The van der Waals surface area contributed by atoms with E-state index in [9.17, 15) is 4.79 Å². The first kappa shape index (κ1) is 23.2. The summed E-state index contributed by atoms with van der Waals surface area (Å²) in [5.74, 6) is 2.14. The Labute approximate surface area is 208 Å². The lowest BCUT2D eigenvalue weighted by Gasteiger charge is -2.36. The number of ether oxygens (including phenoxy) is 2. The normalized spacial score (nSPS) is 13.4. The number of carbonyl (C=O) groups excluding carboxylic acids is 1. The Bertz CT molecular complexity index is 1330. The number of aromatic amines is 1. The molecular weight excluding hydrogens is 458 g/mol. The molecule has 10 nitrogen and oxygen atoms in total. The summed E-state index contributed by atoms with van der Waals surface area (Å²) in [7, 11) is 3.17. The molecule has 4 aromatic rings. The Morgan fingerprint density at radius 1 is 0.917 bits per heavy atom. The number of methoxy groups -OCH3 is 2. The Balaban J connectivity index is 1.25. The quantitative estimate of drug-likeness (QED) is 0.410. The minimum Gasteiger partial charge on any atom is -0.497 e. The predicted octanol–water partition coefficient (Wildman–Crippen LogP) is 3.46. The van der Waals surface area contributed by atoms with Gasteiger partial charge < -0.3 is 24.6 Å². The number of hydrogen-bond acceptors (Lipinski definition) is 8. The first-order chi connectivity index (χ1) is 17.6. The monoisotopic (exact) mass is 485 g/mol. The maximum atomic E-state index is 12.9. The molecule has 1 amide bonds. The Morgan fingerprint density at radius 2 is 1.69 bits per heavy atom. The van der Waals surface area contributed by atoms with Gasteiger partial charge in [-0.05, 0) is 36.4 Å². The second-order valence-corrected chi connectivity index (χ2v) is 8.26. The zero-order valence-corrected chi connectivity index (χ0v) is 20.1. The Kier molecular flexibility index (Phi) is 6.65. The van der Waals surface area contributed by atoms with Gasteiger partial charge in [-0.3, -0.25) is 9.89 Å². The highest BCUT2D eigenvalue weighted by atomic mass is 16.5. The van der Waals surface area contributed by atoms with E-state index in [0.29, 0.717) is 34.3 Å². The number of nitrogens with zero attached hydrogens (tertiary/aromatic N) is 5. The van der Waals surface area contributed by atoms with Crippen LogP contribution < -0.4 is 24.6 Å². The number of anilines is 3. The van der Waals surface area contributed by atoms with Crippen LogP contribution in [-0.4, -0.2) is 66.5 Å². The highest BCUT2D eigenvalue weighted by molar-refractivity contribution is 6.03. The average molecular weight is 486 g/mol. The summed E-state index contributed by atoms with van der Waals surface area (Å²) >= 11 is 0. The molecule has 2 aromatic heterocycles. The van der Waals surface area contributed by atoms with E-state index in [2.05, 4.69) is 59.5 Å². The topological polar surface area (TPSA) is 109 Å². The van der Waals surface area contributed by atoms with Crippen LogP contribution >= 0.6 is 0 Å². The molecule has 10 heteroatoms. The van der Waals surface area contributed by atoms with Gasteiger partial charge in [0.2, 0.25) is 0 Å². The van der Waals surface area contributed by atoms with Gasteiger partial charge in [-0.15, -0.1) is 0 Å². The van der Waals surface area contributed by atoms with Gasteiger partial charge in [0.15, 0.2) is 0 Å². The molecule has 0 aliphatic carbocycles. The zero-order chi connectivity index (χ0) is 24.9. The van der Waals surface area contributed by atoms with Crippen molar-refractivity contribution >= 4 is 23.2 Å². The largest absolute Gasteiger partial charge is 0.497 e. The third-order valence-corrected chi connectivity index (χ3v) is 6.12. The van der Waals surface area contributed by atoms with Crippen LogP contribution in [-0.2, 0) is 0 Å². The van der Waals surface area contributed by atoms with Crippen molar-refractivity contribution in [3.63, 3.8) is 0 Å². The smallest absolute Gasteiger partial charge is 0.274 e. The maximum Gasteiger partial charge on any atom is 0.274 e. The van der Waals surface area contributed by atoms with Crippen LogP contribution in [0.3, 0.4) is 0 Å². The lowest BCUT2D eigenvalue weighted by Crippen LogP contribution is -2.46. The van der Waals surface area contributed by atoms with Crippen LogP contribution in [0, 0.1) is 0 Å². The molecule has 0 radical (unpaired) electrons. The fraction of sp³-hybridized carbons (Fsp3) is 0.231. The summed E-state index contributed by atoms with van der Waals surface area (Å²) in [5, 5.41) is 9.92. The van der Waals surface area contributed by atoms with Crippen LogP contribution in [0.5, 0.6) is 11.5 Å². The molecule has 0 spiro atoms. The second-order valence-electron chi connectivity index (χ2n) is 8.26. The standard InChI is InChI=1S/C26H27N7O3/c1-35-19-8-9-23(36-2)20(14-19)21-15-22(31-30-21)26(34)29-24-16-25(28-17-27-24)33-12-10-32(11-13-33)18-6-4-3-5-7-18/h3-9,14-17H,10-13H2,1-2H3,(H,30,31)(H,27,28,29,34). The number of aromatic nitrogens is 4. The second kappa shape index (κ2) is 10.3. The molecule has 36 heavy (non-hydrogen) atoms. The maximum absolute atomic E-state index is 12.9. The number of carbonyl (C=O) groups is 1. The van der Waals surface area contributed by atoms with Crippen molar-refractivity contribution in [2.24, 2.45) is 0 Å². The Hall–Kier alpha value is -4.60. The minimum absolute atomic E-state index is 0.298. The van der Waals surface area contributed by atoms with Crippen LogP contribution in [0.1, 0.15) is 10.5 Å². The molecule has 5 rings (SSSR count). The van der Waals surface area contributed by atoms with Crippen LogP contribution in [0.2, 0.25) is 0 Å². The number of hydrogen-bond donors (Lipinski definition) is 2. The van der Waals surface area contributed by atoms with Gasteiger partial charge in [0.25, 0.3) is 5.91 Å². The zero-order valence-electron chi connectivity index (χ0n) is 20.1.